The number of ether oxygens (including phenoxy) is 1. The molecule has 3 heterocycles. The third-order valence-electron chi connectivity index (χ3n) is 4.88. The molecule has 4 rings (SSSR count). The molecular weight excluding hydrogens is 318 g/mol. The number of benzene rings is 1. The van der Waals surface area contributed by atoms with Crippen molar-refractivity contribution in [2.75, 3.05) is 13.7 Å². The summed E-state index contributed by atoms with van der Waals surface area (Å²) >= 11 is 0. The van der Waals surface area contributed by atoms with Crippen LogP contribution in [0.2, 0.25) is 0 Å². The van der Waals surface area contributed by atoms with Crippen molar-refractivity contribution in [1.82, 2.24) is 24.9 Å². The van der Waals surface area contributed by atoms with Crippen LogP contribution in [0.1, 0.15) is 18.4 Å². The zero-order valence-corrected chi connectivity index (χ0v) is 14.2. The number of hydrogen-bond donors (Lipinski definition) is 1. The van der Waals surface area contributed by atoms with Crippen LogP contribution in [-0.2, 0) is 17.8 Å². The summed E-state index contributed by atoms with van der Waals surface area (Å²) in [6, 6.07) is 6.06. The van der Waals surface area contributed by atoms with Gasteiger partial charge in [-0.1, -0.05) is 5.21 Å². The molecule has 1 amide bonds. The molecule has 0 unspecified atom stereocenters. The highest BCUT2D eigenvalue weighted by Crippen LogP contribution is 2.26. The van der Waals surface area contributed by atoms with Gasteiger partial charge in [0.1, 0.15) is 5.75 Å². The van der Waals surface area contributed by atoms with E-state index in [9.17, 15) is 4.79 Å². The number of hydrogen-bond acceptors (Lipinski definition) is 4. The number of amides is 1. The Kier molecular flexibility index (Phi) is 4.13. The molecule has 7 nitrogen and oxygen atoms in total. The number of nitrogens with zero attached hydrogens (tertiary/aromatic N) is 4. The quantitative estimate of drug-likeness (QED) is 0.771. The maximum Gasteiger partial charge on any atom is 0.227 e. The Labute approximate surface area is 145 Å². The highest BCUT2D eigenvalue weighted by Gasteiger charge is 2.29. The van der Waals surface area contributed by atoms with Crippen molar-refractivity contribution in [2.24, 2.45) is 0 Å². The smallest absolute Gasteiger partial charge is 0.227 e. The van der Waals surface area contributed by atoms with Crippen LogP contribution >= 0.6 is 0 Å². The first kappa shape index (κ1) is 15.7. The summed E-state index contributed by atoms with van der Waals surface area (Å²) in [4.78, 5) is 18.1. The maximum atomic E-state index is 12.9. The number of methoxy groups -OCH3 is 1. The number of H-pyrrole nitrogens is 1. The lowest BCUT2D eigenvalue weighted by molar-refractivity contribution is -0.131. The van der Waals surface area contributed by atoms with Crippen molar-refractivity contribution >= 4 is 16.8 Å². The SMILES string of the molecule is COc1ccc2[nH]cc(CC(=O)N3CCC[C@H]3Cn3ccnn3)c2c1. The molecule has 1 aliphatic heterocycles. The molecule has 0 aliphatic carbocycles. The highest BCUT2D eigenvalue weighted by atomic mass is 16.5. The van der Waals surface area contributed by atoms with Gasteiger partial charge >= 0.3 is 0 Å². The number of carbonyl (C=O) groups excluding carboxylic acids is 1. The van der Waals surface area contributed by atoms with E-state index in [1.54, 1.807) is 18.0 Å². The lowest BCUT2D eigenvalue weighted by atomic mass is 10.1. The van der Waals surface area contributed by atoms with E-state index in [4.69, 9.17) is 4.74 Å². The molecule has 1 atom stereocenters. The van der Waals surface area contributed by atoms with Crippen LogP contribution in [0.3, 0.4) is 0 Å². The van der Waals surface area contributed by atoms with Crippen LogP contribution in [0.4, 0.5) is 0 Å². The van der Waals surface area contributed by atoms with Crippen molar-refractivity contribution in [1.29, 1.82) is 0 Å². The molecule has 0 radical (unpaired) electrons. The fourth-order valence-corrected chi connectivity index (χ4v) is 3.60. The van der Waals surface area contributed by atoms with Crippen molar-refractivity contribution in [3.63, 3.8) is 0 Å². The minimum atomic E-state index is 0.159. The van der Waals surface area contributed by atoms with Gasteiger partial charge < -0.3 is 14.6 Å². The van der Waals surface area contributed by atoms with E-state index >= 15 is 0 Å². The topological polar surface area (TPSA) is 76.0 Å². The standard InChI is InChI=1S/C18H21N5O2/c1-25-15-4-5-17-16(10-15)13(11-19-17)9-18(24)23-7-2-3-14(23)12-22-8-6-20-21-22/h4-6,8,10-11,14,19H,2-3,7,9,12H2,1H3/t14-/m0/s1. The van der Waals surface area contributed by atoms with E-state index in [-0.39, 0.29) is 11.9 Å². The number of aromatic nitrogens is 4. The number of fused-ring (bicyclic) bond motifs is 1. The molecule has 1 aromatic carbocycles. The molecule has 0 bridgehead atoms. The minimum Gasteiger partial charge on any atom is -0.497 e. The van der Waals surface area contributed by atoms with Crippen molar-refractivity contribution in [3.05, 3.63) is 42.4 Å². The van der Waals surface area contributed by atoms with Gasteiger partial charge in [-0.2, -0.15) is 0 Å². The number of nitrogens with one attached hydrogen (secondary N) is 1. The minimum absolute atomic E-state index is 0.159. The van der Waals surface area contributed by atoms with Gasteiger partial charge in [0.05, 0.1) is 32.3 Å². The maximum absolute atomic E-state index is 12.9. The number of likely N-dealkylation sites (tertiary alicyclic amines) is 1. The normalized spacial score (nSPS) is 17.3. The second-order valence-corrected chi connectivity index (χ2v) is 6.41. The van der Waals surface area contributed by atoms with Gasteiger partial charge in [0, 0.05) is 29.8 Å². The van der Waals surface area contributed by atoms with Gasteiger partial charge in [-0.15, -0.1) is 5.10 Å². The van der Waals surface area contributed by atoms with E-state index in [0.29, 0.717) is 13.0 Å². The van der Waals surface area contributed by atoms with Crippen molar-refractivity contribution in [3.8, 4) is 5.75 Å². The molecule has 1 fully saturated rings. The lowest BCUT2D eigenvalue weighted by Gasteiger charge is -2.24. The first-order chi connectivity index (χ1) is 12.2. The van der Waals surface area contributed by atoms with Gasteiger partial charge in [0.25, 0.3) is 0 Å². The predicted octanol–water partition coefficient (Wildman–Crippen LogP) is 2.00. The number of carbonyl (C=O) groups is 1. The zero-order chi connectivity index (χ0) is 17.2. The summed E-state index contributed by atoms with van der Waals surface area (Å²) < 4.78 is 7.10. The summed E-state index contributed by atoms with van der Waals surface area (Å²) in [6.45, 7) is 1.51. The van der Waals surface area contributed by atoms with E-state index < -0.39 is 0 Å². The second-order valence-electron chi connectivity index (χ2n) is 6.41. The largest absolute Gasteiger partial charge is 0.497 e. The molecule has 130 valence electrons. The van der Waals surface area contributed by atoms with Crippen LogP contribution in [0.15, 0.2) is 36.8 Å². The molecule has 2 aromatic heterocycles. The summed E-state index contributed by atoms with van der Waals surface area (Å²) in [6.07, 6.45) is 7.86. The average Bonchev–Trinajstić information content (AvgIpc) is 3.36. The highest BCUT2D eigenvalue weighted by molar-refractivity contribution is 5.90. The zero-order valence-electron chi connectivity index (χ0n) is 14.2. The van der Waals surface area contributed by atoms with Gasteiger partial charge in [0.2, 0.25) is 5.91 Å². The Hall–Kier alpha value is -2.83. The molecule has 0 spiro atoms. The third kappa shape index (κ3) is 3.09. The second kappa shape index (κ2) is 6.58. The Morgan fingerprint density at radius 1 is 1.44 bits per heavy atom. The van der Waals surface area contributed by atoms with Crippen LogP contribution in [0.5, 0.6) is 5.75 Å². The van der Waals surface area contributed by atoms with Gasteiger partial charge in [-0.3, -0.25) is 9.48 Å². The molecule has 1 saturated heterocycles. The van der Waals surface area contributed by atoms with Gasteiger partial charge in [-0.05, 0) is 36.6 Å². The summed E-state index contributed by atoms with van der Waals surface area (Å²) in [7, 11) is 1.65. The van der Waals surface area contributed by atoms with Crippen molar-refractivity contribution < 1.29 is 9.53 Å². The molecular formula is C18H21N5O2. The Morgan fingerprint density at radius 3 is 3.16 bits per heavy atom. The molecule has 1 aliphatic rings. The van der Waals surface area contributed by atoms with Crippen LogP contribution in [0.25, 0.3) is 10.9 Å². The van der Waals surface area contributed by atoms with E-state index in [2.05, 4.69) is 15.3 Å². The summed E-state index contributed by atoms with van der Waals surface area (Å²) in [5.74, 6) is 0.956. The third-order valence-corrected chi connectivity index (χ3v) is 4.88. The monoisotopic (exact) mass is 339 g/mol. The van der Waals surface area contributed by atoms with E-state index in [1.807, 2.05) is 35.5 Å². The fourth-order valence-electron chi connectivity index (χ4n) is 3.60. The van der Waals surface area contributed by atoms with Crippen LogP contribution < -0.4 is 4.74 Å². The van der Waals surface area contributed by atoms with E-state index in [0.717, 1.165) is 41.6 Å². The lowest BCUT2D eigenvalue weighted by Crippen LogP contribution is -2.39. The Balaban J connectivity index is 1.51. The van der Waals surface area contributed by atoms with Crippen LogP contribution in [0, 0.1) is 0 Å². The van der Waals surface area contributed by atoms with Crippen LogP contribution in [-0.4, -0.2) is 50.5 Å². The first-order valence-corrected chi connectivity index (χ1v) is 8.52. The number of aromatic amines is 1. The Bertz CT molecular complexity index is 871. The molecule has 0 saturated carbocycles. The molecule has 3 aromatic rings. The first-order valence-electron chi connectivity index (χ1n) is 8.52. The molecule has 1 N–H and O–H groups in total. The number of rotatable bonds is 5. The van der Waals surface area contributed by atoms with Gasteiger partial charge in [0.15, 0.2) is 0 Å². The van der Waals surface area contributed by atoms with Crippen molar-refractivity contribution in [2.45, 2.75) is 31.8 Å². The fraction of sp³-hybridized carbons (Fsp3) is 0.389. The molecule has 7 heteroatoms. The predicted molar refractivity (Wildman–Crippen MR) is 93.3 cm³/mol. The van der Waals surface area contributed by atoms with E-state index in [1.165, 1.54) is 0 Å². The average molecular weight is 339 g/mol. The molecule has 25 heavy (non-hydrogen) atoms. The Morgan fingerprint density at radius 2 is 2.36 bits per heavy atom. The summed E-state index contributed by atoms with van der Waals surface area (Å²) in [5, 5.41) is 8.90. The van der Waals surface area contributed by atoms with Gasteiger partial charge in [-0.25, -0.2) is 0 Å². The summed E-state index contributed by atoms with van der Waals surface area (Å²) in [5.41, 5.74) is 2.02.